The lowest BCUT2D eigenvalue weighted by Crippen LogP contribution is -2.36. The van der Waals surface area contributed by atoms with Gasteiger partial charge in [-0.2, -0.15) is 0 Å². The van der Waals surface area contributed by atoms with Gasteiger partial charge in [-0.05, 0) is 68.7 Å². The van der Waals surface area contributed by atoms with Gasteiger partial charge >= 0.3 is 0 Å². The average molecular weight is 338 g/mol. The van der Waals surface area contributed by atoms with Crippen LogP contribution in [0.5, 0.6) is 0 Å². The van der Waals surface area contributed by atoms with Crippen LogP contribution in [0, 0.1) is 11.3 Å². The number of hydrogen-bond donors (Lipinski definition) is 3. The van der Waals surface area contributed by atoms with E-state index in [0.29, 0.717) is 0 Å². The van der Waals surface area contributed by atoms with Crippen molar-refractivity contribution in [1.82, 2.24) is 15.6 Å². The number of pyridine rings is 1. The van der Waals surface area contributed by atoms with Crippen LogP contribution < -0.4 is 16.2 Å². The quantitative estimate of drug-likeness (QED) is 0.768. The Morgan fingerprint density at radius 3 is 2.83 bits per heavy atom. The molecule has 1 aromatic heterocycles. The predicted octanol–water partition coefficient (Wildman–Crippen LogP) is 1.68. The summed E-state index contributed by atoms with van der Waals surface area (Å²) in [7, 11) is 0. The minimum absolute atomic E-state index is 0. The molecule has 1 spiro atoms. The molecule has 126 valence electrons. The fourth-order valence-electron chi connectivity index (χ4n) is 4.32. The fourth-order valence-corrected chi connectivity index (χ4v) is 4.32. The van der Waals surface area contributed by atoms with Gasteiger partial charge < -0.3 is 15.6 Å². The van der Waals surface area contributed by atoms with Crippen molar-refractivity contribution < 1.29 is 4.79 Å². The summed E-state index contributed by atoms with van der Waals surface area (Å²) in [5, 5.41) is 6.62. The highest BCUT2D eigenvalue weighted by atomic mass is 35.5. The van der Waals surface area contributed by atoms with Crippen LogP contribution in [0.1, 0.15) is 49.4 Å². The molecule has 1 aliphatic heterocycles. The number of nitrogens with one attached hydrogen (secondary N) is 3. The first-order valence-electron chi connectivity index (χ1n) is 8.41. The van der Waals surface area contributed by atoms with Crippen LogP contribution in [0.25, 0.3) is 0 Å². The van der Waals surface area contributed by atoms with Crippen LogP contribution in [0.2, 0.25) is 0 Å². The third kappa shape index (κ3) is 3.04. The maximum absolute atomic E-state index is 12.6. The molecule has 2 heterocycles. The fraction of sp³-hybridized carbons (Fsp3) is 0.647. The first-order chi connectivity index (χ1) is 10.7. The number of carbonyl (C=O) groups is 1. The Kier molecular flexibility index (Phi) is 4.52. The minimum Gasteiger partial charge on any atom is -0.349 e. The van der Waals surface area contributed by atoms with Gasteiger partial charge in [-0.1, -0.05) is 0 Å². The van der Waals surface area contributed by atoms with Gasteiger partial charge in [0.25, 0.3) is 0 Å². The van der Waals surface area contributed by atoms with E-state index < -0.39 is 0 Å². The van der Waals surface area contributed by atoms with Crippen molar-refractivity contribution in [2.75, 3.05) is 13.1 Å². The van der Waals surface area contributed by atoms with Crippen molar-refractivity contribution in [3.63, 3.8) is 0 Å². The van der Waals surface area contributed by atoms with Gasteiger partial charge in [0.15, 0.2) is 0 Å². The predicted molar refractivity (Wildman–Crippen MR) is 90.8 cm³/mol. The van der Waals surface area contributed by atoms with Crippen LogP contribution in [0.3, 0.4) is 0 Å². The van der Waals surface area contributed by atoms with E-state index in [1.807, 2.05) is 6.07 Å². The number of amides is 1. The summed E-state index contributed by atoms with van der Waals surface area (Å²) in [5.74, 6) is 0.411. The number of piperidine rings is 1. The number of rotatable bonds is 2. The Bertz CT molecular complexity index is 651. The van der Waals surface area contributed by atoms with E-state index >= 15 is 0 Å². The number of halogens is 1. The molecule has 2 fully saturated rings. The number of carbonyl (C=O) groups excluding carboxylic acids is 1. The summed E-state index contributed by atoms with van der Waals surface area (Å²) >= 11 is 0. The number of hydrogen-bond acceptors (Lipinski definition) is 3. The molecule has 6 heteroatoms. The van der Waals surface area contributed by atoms with Crippen molar-refractivity contribution in [2.24, 2.45) is 11.3 Å². The lowest BCUT2D eigenvalue weighted by atomic mass is 9.89. The molecule has 0 bridgehead atoms. The molecule has 1 amide bonds. The highest BCUT2D eigenvalue weighted by Gasteiger charge is 2.57. The first kappa shape index (κ1) is 16.5. The molecule has 2 aliphatic carbocycles. The normalized spacial score (nSPS) is 27.7. The summed E-state index contributed by atoms with van der Waals surface area (Å²) in [4.78, 5) is 27.0. The first-order valence-corrected chi connectivity index (χ1v) is 8.41. The highest BCUT2D eigenvalue weighted by Crippen LogP contribution is 2.58. The molecule has 1 saturated carbocycles. The van der Waals surface area contributed by atoms with Crippen molar-refractivity contribution >= 4 is 18.3 Å². The van der Waals surface area contributed by atoms with E-state index in [4.69, 9.17) is 0 Å². The number of fused-ring (bicyclic) bond motifs is 1. The van der Waals surface area contributed by atoms with Crippen LogP contribution in [0.15, 0.2) is 16.9 Å². The third-order valence-corrected chi connectivity index (χ3v) is 5.75. The lowest BCUT2D eigenvalue weighted by molar-refractivity contribution is -0.124. The maximum atomic E-state index is 12.6. The second kappa shape index (κ2) is 6.29. The molecule has 2 unspecified atom stereocenters. The third-order valence-electron chi connectivity index (χ3n) is 5.75. The number of aromatic amines is 1. The molecule has 3 aliphatic rings. The van der Waals surface area contributed by atoms with Gasteiger partial charge in [0.2, 0.25) is 11.5 Å². The van der Waals surface area contributed by atoms with E-state index in [0.717, 1.165) is 62.9 Å². The van der Waals surface area contributed by atoms with E-state index in [2.05, 4.69) is 15.6 Å². The second-order valence-corrected chi connectivity index (χ2v) is 7.08. The Morgan fingerprint density at radius 2 is 2.04 bits per heavy atom. The van der Waals surface area contributed by atoms with Crippen molar-refractivity contribution in [3.05, 3.63) is 33.7 Å². The van der Waals surface area contributed by atoms with Gasteiger partial charge in [-0.15, -0.1) is 12.4 Å². The SMILES string of the molecule is Cl.O=C(NC1CCCc2[nH]c(=O)ccc21)C1CC12CCNCC2. The number of aryl methyl sites for hydroxylation is 1. The van der Waals surface area contributed by atoms with Gasteiger partial charge in [-0.3, -0.25) is 9.59 Å². The second-order valence-electron chi connectivity index (χ2n) is 7.08. The van der Waals surface area contributed by atoms with E-state index in [1.54, 1.807) is 6.07 Å². The largest absolute Gasteiger partial charge is 0.349 e. The summed E-state index contributed by atoms with van der Waals surface area (Å²) in [6.07, 6.45) is 6.17. The Balaban J connectivity index is 0.00000156. The average Bonchev–Trinajstić information content (AvgIpc) is 3.21. The summed E-state index contributed by atoms with van der Waals surface area (Å²) in [6, 6.07) is 3.51. The molecule has 1 saturated heterocycles. The van der Waals surface area contributed by atoms with E-state index in [9.17, 15) is 9.59 Å². The Hall–Kier alpha value is -1.33. The highest BCUT2D eigenvalue weighted by molar-refractivity contribution is 5.85. The van der Waals surface area contributed by atoms with Crippen molar-refractivity contribution in [3.8, 4) is 0 Å². The van der Waals surface area contributed by atoms with Crippen molar-refractivity contribution in [1.29, 1.82) is 0 Å². The van der Waals surface area contributed by atoms with Gasteiger partial charge in [0, 0.05) is 17.7 Å². The van der Waals surface area contributed by atoms with Gasteiger partial charge in [0.1, 0.15) is 0 Å². The maximum Gasteiger partial charge on any atom is 0.248 e. The molecular weight excluding hydrogens is 314 g/mol. The monoisotopic (exact) mass is 337 g/mol. The molecule has 3 N–H and O–H groups in total. The molecule has 23 heavy (non-hydrogen) atoms. The standard InChI is InChI=1S/C17H23N3O2.ClH/c21-15-5-4-11-13(19-15)2-1-3-14(11)20-16(22)12-10-17(12)6-8-18-9-7-17;/h4-5,12,14,18H,1-3,6-10H2,(H,19,21)(H,20,22);1H. The summed E-state index contributed by atoms with van der Waals surface area (Å²) in [6.45, 7) is 2.08. The van der Waals surface area contributed by atoms with Crippen LogP contribution >= 0.6 is 12.4 Å². The van der Waals surface area contributed by atoms with Gasteiger partial charge in [0.05, 0.1) is 6.04 Å². The Morgan fingerprint density at radius 1 is 1.26 bits per heavy atom. The molecule has 5 nitrogen and oxygen atoms in total. The Labute approximate surface area is 142 Å². The van der Waals surface area contributed by atoms with E-state index in [-0.39, 0.29) is 41.2 Å². The smallest absolute Gasteiger partial charge is 0.248 e. The van der Waals surface area contributed by atoms with Crippen LogP contribution in [0.4, 0.5) is 0 Å². The number of H-pyrrole nitrogens is 1. The molecule has 0 aromatic carbocycles. The zero-order valence-electron chi connectivity index (χ0n) is 13.2. The van der Waals surface area contributed by atoms with Crippen LogP contribution in [-0.4, -0.2) is 24.0 Å². The molecule has 2 atom stereocenters. The topological polar surface area (TPSA) is 74.0 Å². The zero-order valence-corrected chi connectivity index (χ0v) is 14.0. The van der Waals surface area contributed by atoms with Crippen LogP contribution in [-0.2, 0) is 11.2 Å². The molecule has 1 aromatic rings. The minimum atomic E-state index is -0.0541. The lowest BCUT2D eigenvalue weighted by Gasteiger charge is -2.27. The zero-order chi connectivity index (χ0) is 15.2. The molecular formula is C17H24ClN3O2. The van der Waals surface area contributed by atoms with E-state index in [1.165, 1.54) is 0 Å². The summed E-state index contributed by atoms with van der Waals surface area (Å²) < 4.78 is 0. The van der Waals surface area contributed by atoms with Crippen molar-refractivity contribution in [2.45, 2.75) is 44.6 Å². The van der Waals surface area contributed by atoms with Gasteiger partial charge in [-0.25, -0.2) is 0 Å². The molecule has 4 rings (SSSR count). The molecule has 0 radical (unpaired) electrons. The number of aromatic nitrogens is 1. The summed E-state index contributed by atoms with van der Waals surface area (Å²) in [5.41, 5.74) is 2.31.